The molecule has 0 bridgehead atoms. The van der Waals surface area contributed by atoms with Gasteiger partial charge in [0.05, 0.1) is 12.6 Å². The Labute approximate surface area is 176 Å². The van der Waals surface area contributed by atoms with Gasteiger partial charge in [0.25, 0.3) is 5.82 Å². The van der Waals surface area contributed by atoms with Gasteiger partial charge in [-0.1, -0.05) is 65.0 Å². The van der Waals surface area contributed by atoms with E-state index in [0.717, 1.165) is 12.0 Å². The number of fused-ring (bicyclic) bond motifs is 1. The topological polar surface area (TPSA) is 66.2 Å². The van der Waals surface area contributed by atoms with E-state index in [0.29, 0.717) is 12.4 Å². The third kappa shape index (κ3) is 5.01. The van der Waals surface area contributed by atoms with Crippen LogP contribution >= 0.6 is 10.3 Å². The Bertz CT molecular complexity index is 812. The largest absolute Gasteiger partial charge is 0.460 e. The smallest absolute Gasteiger partial charge is 0.378 e. The van der Waals surface area contributed by atoms with Crippen molar-refractivity contribution < 1.29 is 13.7 Å². The number of aromatic nitrogens is 3. The van der Waals surface area contributed by atoms with Crippen molar-refractivity contribution in [1.29, 1.82) is 0 Å². The van der Waals surface area contributed by atoms with E-state index < -0.39 is 16.3 Å². The van der Waals surface area contributed by atoms with Crippen molar-refractivity contribution in [3.05, 3.63) is 47.5 Å². The lowest BCUT2D eigenvalue weighted by molar-refractivity contribution is 0.0511. The molecule has 1 aromatic heterocycles. The molecule has 6 nitrogen and oxygen atoms in total. The quantitative estimate of drug-likeness (QED) is 0.612. The number of rotatable bonds is 5. The number of hydrogen-bond donors (Lipinski definition) is 0. The molecule has 0 amide bonds. The Kier molecular flexibility index (Phi) is 7.51. The fraction of sp³-hybridized carbons (Fsp3) is 0.591. The molecule has 0 unspecified atom stereocenters. The van der Waals surface area contributed by atoms with Crippen LogP contribution in [0.5, 0.6) is 0 Å². The third-order valence-electron chi connectivity index (χ3n) is 5.15. The van der Waals surface area contributed by atoms with E-state index in [2.05, 4.69) is 55.5 Å². The van der Waals surface area contributed by atoms with Crippen LogP contribution in [-0.4, -0.2) is 44.6 Å². The second-order valence-corrected chi connectivity index (χ2v) is 11.9. The number of nitrogens with zero attached hydrogens (tertiary/aromatic N) is 3. The van der Waals surface area contributed by atoms with Crippen molar-refractivity contribution in [2.45, 2.75) is 64.9 Å². The van der Waals surface area contributed by atoms with Crippen LogP contribution in [0.3, 0.4) is 0 Å². The Hall–Kier alpha value is -1.86. The molecule has 3 rings (SSSR count). The van der Waals surface area contributed by atoms with E-state index in [9.17, 15) is 4.79 Å². The highest BCUT2D eigenvalue weighted by molar-refractivity contribution is 8.29. The SMILES string of the molecule is CC.CCOC(=O)c1nc2n(n1)[C@H](c1ccccc1)C[C@H]2OS(C)(C)C(C)(C)C. The van der Waals surface area contributed by atoms with Gasteiger partial charge in [-0.2, -0.15) is 0 Å². The standard InChI is InChI=1S/C20H29N3O3S.C2H6/c1-7-25-19(24)17-21-18-16(26-27(5,6)20(2,3)4)13-15(23(18)22-17)14-11-9-8-10-12-14;1-2/h8-12,15-16H,7,13H2,1-6H3;1-2H3/t15-,16+;/m0./s1. The second kappa shape index (κ2) is 9.30. The Balaban J connectivity index is 0.00000145. The summed E-state index contributed by atoms with van der Waals surface area (Å²) < 4.78 is 13.6. The highest BCUT2D eigenvalue weighted by Crippen LogP contribution is 2.58. The molecule has 2 atom stereocenters. The first-order chi connectivity index (χ1) is 13.6. The molecule has 7 heteroatoms. The molecule has 2 heterocycles. The molecule has 0 spiro atoms. The zero-order chi connectivity index (χ0) is 21.8. The number of benzene rings is 1. The van der Waals surface area contributed by atoms with Crippen LogP contribution in [0.25, 0.3) is 0 Å². The summed E-state index contributed by atoms with van der Waals surface area (Å²) in [6.45, 7) is 12.7. The molecule has 0 aliphatic carbocycles. The molecule has 0 radical (unpaired) electrons. The first-order valence-corrected chi connectivity index (χ1v) is 12.6. The van der Waals surface area contributed by atoms with Crippen LogP contribution in [-0.2, 0) is 8.92 Å². The number of carbonyl (C=O) groups is 1. The summed E-state index contributed by atoms with van der Waals surface area (Å²) >= 11 is 0. The monoisotopic (exact) mass is 421 g/mol. The normalized spacial score (nSPS) is 19.2. The van der Waals surface area contributed by atoms with Gasteiger partial charge in [-0.3, -0.25) is 0 Å². The summed E-state index contributed by atoms with van der Waals surface area (Å²) in [6.07, 6.45) is 4.91. The van der Waals surface area contributed by atoms with Crippen molar-refractivity contribution in [3.63, 3.8) is 0 Å². The minimum absolute atomic E-state index is 0.00274. The maximum atomic E-state index is 12.1. The van der Waals surface area contributed by atoms with Crippen molar-refractivity contribution in [3.8, 4) is 0 Å². The second-order valence-electron chi connectivity index (χ2n) is 8.05. The molecule has 0 N–H and O–H groups in total. The molecular formula is C22H35N3O3S. The zero-order valence-electron chi connectivity index (χ0n) is 18.9. The van der Waals surface area contributed by atoms with Gasteiger partial charge in [-0.05, 0) is 25.0 Å². The fourth-order valence-corrected chi connectivity index (χ4v) is 3.98. The zero-order valence-corrected chi connectivity index (χ0v) is 19.7. The molecule has 1 aromatic carbocycles. The average molecular weight is 422 g/mol. The van der Waals surface area contributed by atoms with Gasteiger partial charge in [-0.15, -0.1) is 15.4 Å². The Morgan fingerprint density at radius 2 is 1.83 bits per heavy atom. The van der Waals surface area contributed by atoms with E-state index >= 15 is 0 Å². The van der Waals surface area contributed by atoms with Crippen molar-refractivity contribution in [2.24, 2.45) is 0 Å². The van der Waals surface area contributed by atoms with E-state index in [4.69, 9.17) is 8.92 Å². The maximum absolute atomic E-state index is 12.1. The highest BCUT2D eigenvalue weighted by Gasteiger charge is 2.41. The van der Waals surface area contributed by atoms with Crippen LogP contribution in [0.2, 0.25) is 0 Å². The lowest BCUT2D eigenvalue weighted by Gasteiger charge is -2.45. The van der Waals surface area contributed by atoms with Gasteiger partial charge in [-0.25, -0.2) is 14.5 Å². The molecule has 29 heavy (non-hydrogen) atoms. The molecule has 0 saturated heterocycles. The van der Waals surface area contributed by atoms with E-state index in [1.165, 1.54) is 0 Å². The van der Waals surface area contributed by atoms with Crippen LogP contribution in [0, 0.1) is 0 Å². The first-order valence-electron chi connectivity index (χ1n) is 10.2. The Morgan fingerprint density at radius 3 is 2.38 bits per heavy atom. The number of ether oxygens (including phenoxy) is 1. The fourth-order valence-electron chi connectivity index (χ4n) is 2.94. The van der Waals surface area contributed by atoms with Crippen molar-refractivity contribution in [1.82, 2.24) is 14.8 Å². The predicted octanol–water partition coefficient (Wildman–Crippen LogP) is 5.31. The summed E-state index contributed by atoms with van der Waals surface area (Å²) in [4.78, 5) is 16.6. The summed E-state index contributed by atoms with van der Waals surface area (Å²) in [6, 6.07) is 10.2. The molecule has 162 valence electrons. The molecule has 1 aliphatic heterocycles. The summed E-state index contributed by atoms with van der Waals surface area (Å²) in [5, 5.41) is 4.47. The number of esters is 1. The van der Waals surface area contributed by atoms with Gasteiger partial charge in [0, 0.05) is 11.2 Å². The van der Waals surface area contributed by atoms with Crippen LogP contribution in [0.4, 0.5) is 0 Å². The van der Waals surface area contributed by atoms with Crippen LogP contribution in [0.15, 0.2) is 30.3 Å². The predicted molar refractivity (Wildman–Crippen MR) is 120 cm³/mol. The average Bonchev–Trinajstić information content (AvgIpc) is 3.24. The highest BCUT2D eigenvalue weighted by atomic mass is 32.3. The van der Waals surface area contributed by atoms with Crippen LogP contribution < -0.4 is 0 Å². The summed E-state index contributed by atoms with van der Waals surface area (Å²) in [5.41, 5.74) is 1.13. The van der Waals surface area contributed by atoms with Crippen molar-refractivity contribution in [2.75, 3.05) is 19.1 Å². The number of hydrogen-bond acceptors (Lipinski definition) is 5. The molecular weight excluding hydrogens is 386 g/mol. The summed E-state index contributed by atoms with van der Waals surface area (Å²) in [5.74, 6) is 0.314. The van der Waals surface area contributed by atoms with Crippen LogP contribution in [0.1, 0.15) is 82.1 Å². The minimum atomic E-state index is -1.35. The summed E-state index contributed by atoms with van der Waals surface area (Å²) in [7, 11) is -1.35. The lowest BCUT2D eigenvalue weighted by atomic mass is 10.0. The van der Waals surface area contributed by atoms with Gasteiger partial charge >= 0.3 is 5.97 Å². The maximum Gasteiger partial charge on any atom is 0.378 e. The minimum Gasteiger partial charge on any atom is -0.460 e. The van der Waals surface area contributed by atoms with E-state index in [1.54, 1.807) is 6.92 Å². The third-order valence-corrected chi connectivity index (χ3v) is 8.81. The van der Waals surface area contributed by atoms with Crippen molar-refractivity contribution >= 4 is 16.3 Å². The van der Waals surface area contributed by atoms with E-state index in [1.807, 2.05) is 36.7 Å². The van der Waals surface area contributed by atoms with Gasteiger partial charge in [0.2, 0.25) is 0 Å². The van der Waals surface area contributed by atoms with Gasteiger partial charge in [0.15, 0.2) is 5.82 Å². The number of carbonyl (C=O) groups excluding carboxylic acids is 1. The molecule has 0 fully saturated rings. The van der Waals surface area contributed by atoms with E-state index in [-0.39, 0.29) is 22.7 Å². The van der Waals surface area contributed by atoms with Gasteiger partial charge < -0.3 is 8.92 Å². The Morgan fingerprint density at radius 1 is 1.21 bits per heavy atom. The molecule has 1 aliphatic rings. The lowest BCUT2D eigenvalue weighted by Crippen LogP contribution is -2.26. The molecule has 0 saturated carbocycles. The molecule has 2 aromatic rings. The first kappa shape index (κ1) is 23.4. The van der Waals surface area contributed by atoms with Gasteiger partial charge in [0.1, 0.15) is 6.10 Å².